The van der Waals surface area contributed by atoms with Crippen LogP contribution in [0.25, 0.3) is 0 Å². The summed E-state index contributed by atoms with van der Waals surface area (Å²) in [5, 5.41) is 0.725. The molecule has 0 aromatic heterocycles. The summed E-state index contributed by atoms with van der Waals surface area (Å²) in [6, 6.07) is 17.5. The first-order valence-electron chi connectivity index (χ1n) is 5.88. The highest BCUT2D eigenvalue weighted by Gasteiger charge is 2.05. The molecule has 0 amide bonds. The zero-order valence-corrected chi connectivity index (χ0v) is 10.8. The summed E-state index contributed by atoms with van der Waals surface area (Å²) < 4.78 is 5.61. The fraction of sp³-hybridized carbons (Fsp3) is 0.200. The molecule has 94 valence electrons. The van der Waals surface area contributed by atoms with Crippen LogP contribution < -0.4 is 5.73 Å². The maximum absolute atomic E-state index is 6.04. The Morgan fingerprint density at radius 1 is 1.06 bits per heavy atom. The van der Waals surface area contributed by atoms with Gasteiger partial charge in [-0.25, -0.2) is 0 Å². The third-order valence-corrected chi connectivity index (χ3v) is 2.92. The quantitative estimate of drug-likeness (QED) is 0.893. The van der Waals surface area contributed by atoms with Gasteiger partial charge in [-0.15, -0.1) is 0 Å². The predicted octanol–water partition coefficient (Wildman–Crippen LogP) is 3.56. The van der Waals surface area contributed by atoms with Gasteiger partial charge in [0.25, 0.3) is 0 Å². The van der Waals surface area contributed by atoms with Crippen molar-refractivity contribution < 1.29 is 4.74 Å². The van der Waals surface area contributed by atoms with E-state index in [0.717, 1.165) is 16.1 Å². The first-order valence-corrected chi connectivity index (χ1v) is 6.26. The van der Waals surface area contributed by atoms with E-state index in [1.807, 2.05) is 54.6 Å². The molecule has 0 heterocycles. The number of ether oxygens (including phenoxy) is 1. The standard InChI is InChI=1S/C15H16ClNO/c16-14-8-4-5-12(9-14)10-18-11-15(17)13-6-2-1-3-7-13/h1-9,15H,10-11,17H2. The molecule has 1 atom stereocenters. The SMILES string of the molecule is NC(COCc1cccc(Cl)c1)c1ccccc1. The minimum Gasteiger partial charge on any atom is -0.375 e. The summed E-state index contributed by atoms with van der Waals surface area (Å²) in [5.41, 5.74) is 8.18. The van der Waals surface area contributed by atoms with Crippen LogP contribution in [0.4, 0.5) is 0 Å². The van der Waals surface area contributed by atoms with E-state index in [9.17, 15) is 0 Å². The smallest absolute Gasteiger partial charge is 0.0718 e. The van der Waals surface area contributed by atoms with Crippen LogP contribution in [0.5, 0.6) is 0 Å². The van der Waals surface area contributed by atoms with Gasteiger partial charge in [0.15, 0.2) is 0 Å². The molecule has 0 radical (unpaired) electrons. The highest BCUT2D eigenvalue weighted by molar-refractivity contribution is 6.30. The predicted molar refractivity (Wildman–Crippen MR) is 74.5 cm³/mol. The molecule has 2 rings (SSSR count). The summed E-state index contributed by atoms with van der Waals surface area (Å²) in [6.45, 7) is 1.03. The van der Waals surface area contributed by atoms with Gasteiger partial charge in [0, 0.05) is 5.02 Å². The first kappa shape index (κ1) is 13.1. The van der Waals surface area contributed by atoms with Gasteiger partial charge in [0.2, 0.25) is 0 Å². The van der Waals surface area contributed by atoms with Gasteiger partial charge in [-0.1, -0.05) is 54.1 Å². The lowest BCUT2D eigenvalue weighted by molar-refractivity contribution is 0.108. The van der Waals surface area contributed by atoms with Crippen molar-refractivity contribution in [3.05, 3.63) is 70.7 Å². The number of hydrogen-bond donors (Lipinski definition) is 1. The van der Waals surface area contributed by atoms with Crippen LogP contribution in [0.3, 0.4) is 0 Å². The largest absolute Gasteiger partial charge is 0.375 e. The van der Waals surface area contributed by atoms with E-state index in [-0.39, 0.29) is 6.04 Å². The van der Waals surface area contributed by atoms with Crippen LogP contribution in [0.1, 0.15) is 17.2 Å². The number of nitrogens with two attached hydrogens (primary N) is 1. The van der Waals surface area contributed by atoms with Crippen LogP contribution in [0, 0.1) is 0 Å². The molecule has 2 aromatic carbocycles. The molecule has 0 aliphatic rings. The minimum atomic E-state index is -0.0922. The molecule has 2 nitrogen and oxygen atoms in total. The molecule has 1 unspecified atom stereocenters. The molecule has 0 fully saturated rings. The van der Waals surface area contributed by atoms with E-state index in [1.54, 1.807) is 0 Å². The van der Waals surface area contributed by atoms with E-state index in [2.05, 4.69) is 0 Å². The highest BCUT2D eigenvalue weighted by atomic mass is 35.5. The van der Waals surface area contributed by atoms with Crippen LogP contribution in [-0.4, -0.2) is 6.61 Å². The summed E-state index contributed by atoms with van der Waals surface area (Å²) in [7, 11) is 0. The van der Waals surface area contributed by atoms with E-state index in [1.165, 1.54) is 0 Å². The third-order valence-electron chi connectivity index (χ3n) is 2.68. The molecule has 2 N–H and O–H groups in total. The lowest BCUT2D eigenvalue weighted by Gasteiger charge is -2.12. The third kappa shape index (κ3) is 3.84. The number of hydrogen-bond acceptors (Lipinski definition) is 2. The maximum atomic E-state index is 6.04. The molecule has 3 heteroatoms. The van der Waals surface area contributed by atoms with Gasteiger partial charge in [-0.05, 0) is 23.3 Å². The topological polar surface area (TPSA) is 35.2 Å². The molecule has 18 heavy (non-hydrogen) atoms. The van der Waals surface area contributed by atoms with Crippen molar-refractivity contribution in [2.45, 2.75) is 12.6 Å². The molecule has 0 saturated heterocycles. The Hall–Kier alpha value is -1.35. The van der Waals surface area contributed by atoms with Gasteiger partial charge in [-0.2, -0.15) is 0 Å². The Kier molecular flexibility index (Phi) is 4.76. The van der Waals surface area contributed by atoms with Crippen molar-refractivity contribution in [2.24, 2.45) is 5.73 Å². The van der Waals surface area contributed by atoms with E-state index in [0.29, 0.717) is 13.2 Å². The molecular weight excluding hydrogens is 246 g/mol. The Morgan fingerprint density at radius 3 is 2.56 bits per heavy atom. The van der Waals surface area contributed by atoms with Crippen LogP contribution >= 0.6 is 11.6 Å². The zero-order chi connectivity index (χ0) is 12.8. The second-order valence-corrected chi connectivity index (χ2v) is 4.60. The number of halogens is 1. The summed E-state index contributed by atoms with van der Waals surface area (Å²) in [4.78, 5) is 0. The lowest BCUT2D eigenvalue weighted by Crippen LogP contribution is -2.16. The summed E-state index contributed by atoms with van der Waals surface area (Å²) in [6.07, 6.45) is 0. The first-order chi connectivity index (χ1) is 8.75. The Bertz CT molecular complexity index is 487. The van der Waals surface area contributed by atoms with Crippen molar-refractivity contribution in [2.75, 3.05) is 6.61 Å². The van der Waals surface area contributed by atoms with Gasteiger partial charge >= 0.3 is 0 Å². The van der Waals surface area contributed by atoms with Crippen molar-refractivity contribution >= 4 is 11.6 Å². The van der Waals surface area contributed by atoms with Crippen LogP contribution in [0.15, 0.2) is 54.6 Å². The molecule has 0 spiro atoms. The summed E-state index contributed by atoms with van der Waals surface area (Å²) in [5.74, 6) is 0. The Balaban J connectivity index is 1.82. The minimum absolute atomic E-state index is 0.0922. The van der Waals surface area contributed by atoms with Crippen LogP contribution in [0.2, 0.25) is 5.02 Å². The van der Waals surface area contributed by atoms with Crippen molar-refractivity contribution in [1.29, 1.82) is 0 Å². The van der Waals surface area contributed by atoms with E-state index in [4.69, 9.17) is 22.1 Å². The van der Waals surface area contributed by atoms with Crippen LogP contribution in [-0.2, 0) is 11.3 Å². The number of rotatable bonds is 5. The molecule has 2 aromatic rings. The molecule has 0 aliphatic carbocycles. The molecule has 0 aliphatic heterocycles. The van der Waals surface area contributed by atoms with Crippen molar-refractivity contribution in [3.8, 4) is 0 Å². The van der Waals surface area contributed by atoms with Gasteiger partial charge in [0.05, 0.1) is 19.3 Å². The average Bonchev–Trinajstić information content (AvgIpc) is 2.40. The van der Waals surface area contributed by atoms with Gasteiger partial charge in [-0.3, -0.25) is 0 Å². The Labute approximate surface area is 112 Å². The molecule has 0 saturated carbocycles. The fourth-order valence-electron chi connectivity index (χ4n) is 1.73. The van der Waals surface area contributed by atoms with Gasteiger partial charge < -0.3 is 10.5 Å². The molecule has 0 bridgehead atoms. The number of benzene rings is 2. The van der Waals surface area contributed by atoms with E-state index >= 15 is 0 Å². The maximum Gasteiger partial charge on any atom is 0.0718 e. The van der Waals surface area contributed by atoms with Crippen molar-refractivity contribution in [1.82, 2.24) is 0 Å². The lowest BCUT2D eigenvalue weighted by atomic mass is 10.1. The Morgan fingerprint density at radius 2 is 1.83 bits per heavy atom. The second-order valence-electron chi connectivity index (χ2n) is 4.16. The normalized spacial score (nSPS) is 12.3. The monoisotopic (exact) mass is 261 g/mol. The average molecular weight is 262 g/mol. The molecular formula is C15H16ClNO. The highest BCUT2D eigenvalue weighted by Crippen LogP contribution is 2.13. The van der Waals surface area contributed by atoms with E-state index < -0.39 is 0 Å². The van der Waals surface area contributed by atoms with Gasteiger partial charge in [0.1, 0.15) is 0 Å². The van der Waals surface area contributed by atoms with Crippen molar-refractivity contribution in [3.63, 3.8) is 0 Å². The fourth-order valence-corrected chi connectivity index (χ4v) is 1.94. The zero-order valence-electron chi connectivity index (χ0n) is 10.1. The summed E-state index contributed by atoms with van der Waals surface area (Å²) >= 11 is 5.90. The second kappa shape index (κ2) is 6.55.